The molecule has 0 aliphatic rings. The molecule has 0 aliphatic heterocycles. The van der Waals surface area contributed by atoms with Crippen LogP contribution in [0, 0.1) is 6.92 Å². The summed E-state index contributed by atoms with van der Waals surface area (Å²) in [5, 5.41) is 6.52. The van der Waals surface area contributed by atoms with Crippen molar-refractivity contribution in [3.8, 4) is 0 Å². The molecule has 0 aromatic carbocycles. The van der Waals surface area contributed by atoms with Crippen molar-refractivity contribution in [3.05, 3.63) is 34.3 Å². The van der Waals surface area contributed by atoms with Gasteiger partial charge in [-0.2, -0.15) is 0 Å². The molecule has 0 saturated heterocycles. The SMILES string of the molecule is CCNCc1cncn1Cc1csc(C)n1. The van der Waals surface area contributed by atoms with Gasteiger partial charge in [0.1, 0.15) is 0 Å². The van der Waals surface area contributed by atoms with Crippen LogP contribution in [-0.2, 0) is 13.1 Å². The van der Waals surface area contributed by atoms with Gasteiger partial charge in [-0.05, 0) is 13.5 Å². The second-order valence-electron chi connectivity index (χ2n) is 3.65. The monoisotopic (exact) mass is 236 g/mol. The smallest absolute Gasteiger partial charge is 0.0952 e. The average Bonchev–Trinajstić information content (AvgIpc) is 2.86. The number of aromatic nitrogens is 3. The van der Waals surface area contributed by atoms with E-state index >= 15 is 0 Å². The van der Waals surface area contributed by atoms with E-state index in [1.54, 1.807) is 11.3 Å². The molecule has 2 aromatic heterocycles. The van der Waals surface area contributed by atoms with E-state index in [1.165, 1.54) is 5.69 Å². The maximum Gasteiger partial charge on any atom is 0.0952 e. The van der Waals surface area contributed by atoms with E-state index in [-0.39, 0.29) is 0 Å². The summed E-state index contributed by atoms with van der Waals surface area (Å²) in [6.07, 6.45) is 3.77. The third-order valence-electron chi connectivity index (χ3n) is 2.35. The lowest BCUT2D eigenvalue weighted by molar-refractivity contribution is 0.652. The highest BCUT2D eigenvalue weighted by molar-refractivity contribution is 7.09. The molecular weight excluding hydrogens is 220 g/mol. The summed E-state index contributed by atoms with van der Waals surface area (Å²) < 4.78 is 2.14. The van der Waals surface area contributed by atoms with Gasteiger partial charge in [0.2, 0.25) is 0 Å². The molecule has 2 aromatic rings. The van der Waals surface area contributed by atoms with E-state index in [0.717, 1.165) is 30.3 Å². The Morgan fingerprint density at radius 3 is 3.06 bits per heavy atom. The Kier molecular flexibility index (Phi) is 3.69. The molecule has 86 valence electrons. The maximum absolute atomic E-state index is 4.46. The molecule has 1 N–H and O–H groups in total. The molecule has 0 aliphatic carbocycles. The Bertz CT molecular complexity index is 446. The van der Waals surface area contributed by atoms with Gasteiger partial charge in [-0.1, -0.05) is 6.92 Å². The third kappa shape index (κ3) is 2.68. The van der Waals surface area contributed by atoms with Crippen LogP contribution in [0.1, 0.15) is 23.3 Å². The quantitative estimate of drug-likeness (QED) is 0.861. The van der Waals surface area contributed by atoms with Crippen LogP contribution in [0.3, 0.4) is 0 Å². The standard InChI is InChI=1S/C11H16N4S/c1-3-12-4-11-5-13-8-15(11)6-10-7-16-9(2)14-10/h5,7-8,12H,3-4,6H2,1-2H3. The van der Waals surface area contributed by atoms with Gasteiger partial charge in [-0.25, -0.2) is 9.97 Å². The van der Waals surface area contributed by atoms with E-state index in [1.807, 2.05) is 19.4 Å². The number of nitrogens with zero attached hydrogens (tertiary/aromatic N) is 3. The van der Waals surface area contributed by atoms with Crippen LogP contribution in [0.5, 0.6) is 0 Å². The molecular formula is C11H16N4S. The Morgan fingerprint density at radius 1 is 1.50 bits per heavy atom. The summed E-state index contributed by atoms with van der Waals surface area (Å²) in [6.45, 7) is 6.78. The van der Waals surface area contributed by atoms with Crippen LogP contribution in [0.25, 0.3) is 0 Å². The summed E-state index contributed by atoms with van der Waals surface area (Å²) >= 11 is 1.69. The molecule has 2 heterocycles. The predicted molar refractivity (Wildman–Crippen MR) is 65.6 cm³/mol. The zero-order valence-electron chi connectivity index (χ0n) is 9.60. The van der Waals surface area contributed by atoms with E-state index in [9.17, 15) is 0 Å². The summed E-state index contributed by atoms with van der Waals surface area (Å²) in [5.41, 5.74) is 2.31. The summed E-state index contributed by atoms with van der Waals surface area (Å²) in [6, 6.07) is 0. The third-order valence-corrected chi connectivity index (χ3v) is 3.18. The Hall–Kier alpha value is -1.20. The van der Waals surface area contributed by atoms with E-state index in [2.05, 4.69) is 32.2 Å². The molecule has 0 spiro atoms. The zero-order valence-corrected chi connectivity index (χ0v) is 10.4. The van der Waals surface area contributed by atoms with Crippen LogP contribution in [0.4, 0.5) is 0 Å². The van der Waals surface area contributed by atoms with Gasteiger partial charge in [-0.3, -0.25) is 0 Å². The molecule has 0 radical (unpaired) electrons. The fourth-order valence-corrected chi connectivity index (χ4v) is 2.15. The number of rotatable bonds is 5. The lowest BCUT2D eigenvalue weighted by Crippen LogP contribution is -2.15. The lowest BCUT2D eigenvalue weighted by atomic mass is 10.4. The molecule has 16 heavy (non-hydrogen) atoms. The summed E-state index contributed by atoms with van der Waals surface area (Å²) in [5.74, 6) is 0. The first-order chi connectivity index (χ1) is 7.79. The number of hydrogen-bond donors (Lipinski definition) is 1. The van der Waals surface area contributed by atoms with Crippen LogP contribution >= 0.6 is 11.3 Å². The molecule has 0 saturated carbocycles. The normalized spacial score (nSPS) is 10.9. The van der Waals surface area contributed by atoms with Crippen molar-refractivity contribution in [2.24, 2.45) is 0 Å². The fourth-order valence-electron chi connectivity index (χ4n) is 1.55. The first-order valence-corrected chi connectivity index (χ1v) is 6.28. The van der Waals surface area contributed by atoms with Gasteiger partial charge in [0, 0.05) is 18.1 Å². The minimum absolute atomic E-state index is 0.811. The second-order valence-corrected chi connectivity index (χ2v) is 4.71. The van der Waals surface area contributed by atoms with Crippen molar-refractivity contribution in [2.75, 3.05) is 6.54 Å². The van der Waals surface area contributed by atoms with Crippen molar-refractivity contribution in [3.63, 3.8) is 0 Å². The molecule has 2 rings (SSSR count). The van der Waals surface area contributed by atoms with Crippen molar-refractivity contribution in [1.29, 1.82) is 0 Å². The molecule has 0 atom stereocenters. The second kappa shape index (κ2) is 5.23. The largest absolute Gasteiger partial charge is 0.327 e. The Labute approximate surface area is 99.4 Å². The molecule has 0 fully saturated rings. The highest BCUT2D eigenvalue weighted by Gasteiger charge is 2.04. The first kappa shape index (κ1) is 11.3. The van der Waals surface area contributed by atoms with Gasteiger partial charge in [0.15, 0.2) is 0 Å². The number of aryl methyl sites for hydroxylation is 1. The summed E-state index contributed by atoms with van der Waals surface area (Å²) in [4.78, 5) is 8.63. The highest BCUT2D eigenvalue weighted by atomic mass is 32.1. The fraction of sp³-hybridized carbons (Fsp3) is 0.455. The van der Waals surface area contributed by atoms with Crippen molar-refractivity contribution in [1.82, 2.24) is 19.9 Å². The van der Waals surface area contributed by atoms with Crippen molar-refractivity contribution in [2.45, 2.75) is 26.9 Å². The van der Waals surface area contributed by atoms with Crippen molar-refractivity contribution < 1.29 is 0 Å². The van der Waals surface area contributed by atoms with Gasteiger partial charge in [0.25, 0.3) is 0 Å². The summed E-state index contributed by atoms with van der Waals surface area (Å²) in [7, 11) is 0. The number of imidazole rings is 1. The van der Waals surface area contributed by atoms with Gasteiger partial charge < -0.3 is 9.88 Å². The number of hydrogen-bond acceptors (Lipinski definition) is 4. The minimum Gasteiger partial charge on any atom is -0.327 e. The predicted octanol–water partition coefficient (Wildman–Crippen LogP) is 1.81. The van der Waals surface area contributed by atoms with E-state index in [0.29, 0.717) is 0 Å². The Balaban J connectivity index is 2.06. The van der Waals surface area contributed by atoms with Crippen LogP contribution in [-0.4, -0.2) is 21.1 Å². The minimum atomic E-state index is 0.811. The van der Waals surface area contributed by atoms with Crippen LogP contribution in [0.2, 0.25) is 0 Å². The maximum atomic E-state index is 4.46. The lowest BCUT2D eigenvalue weighted by Gasteiger charge is -2.06. The van der Waals surface area contributed by atoms with Crippen LogP contribution < -0.4 is 5.32 Å². The highest BCUT2D eigenvalue weighted by Crippen LogP contribution is 2.10. The first-order valence-electron chi connectivity index (χ1n) is 5.40. The van der Waals surface area contributed by atoms with E-state index < -0.39 is 0 Å². The number of thiazole rings is 1. The van der Waals surface area contributed by atoms with Crippen molar-refractivity contribution >= 4 is 11.3 Å². The molecule has 0 unspecified atom stereocenters. The van der Waals surface area contributed by atoms with E-state index in [4.69, 9.17) is 0 Å². The topological polar surface area (TPSA) is 42.7 Å². The molecule has 0 amide bonds. The van der Waals surface area contributed by atoms with Gasteiger partial charge in [-0.15, -0.1) is 11.3 Å². The van der Waals surface area contributed by atoms with Crippen LogP contribution in [0.15, 0.2) is 17.9 Å². The zero-order chi connectivity index (χ0) is 11.4. The molecule has 4 nitrogen and oxygen atoms in total. The molecule has 0 bridgehead atoms. The molecule has 5 heteroatoms. The average molecular weight is 236 g/mol. The van der Waals surface area contributed by atoms with Gasteiger partial charge >= 0.3 is 0 Å². The Morgan fingerprint density at radius 2 is 2.38 bits per heavy atom. The van der Waals surface area contributed by atoms with Gasteiger partial charge in [0.05, 0.1) is 29.3 Å². The number of nitrogens with one attached hydrogen (secondary N) is 1.